The van der Waals surface area contributed by atoms with Gasteiger partial charge < -0.3 is 5.73 Å². The molecule has 0 fully saturated rings. The fourth-order valence-electron chi connectivity index (χ4n) is 1.10. The Morgan fingerprint density at radius 3 is 2.50 bits per heavy atom. The third-order valence-corrected chi connectivity index (χ3v) is 3.27. The number of nitrogens with two attached hydrogens (primary N) is 1. The smallest absolute Gasteiger partial charge is 0.299 e. The summed E-state index contributed by atoms with van der Waals surface area (Å²) in [4.78, 5) is 0. The molecule has 1 aromatic rings. The van der Waals surface area contributed by atoms with Crippen LogP contribution in [0.2, 0.25) is 5.02 Å². The molecule has 0 unspecified atom stereocenters. The van der Waals surface area contributed by atoms with Crippen molar-refractivity contribution in [2.24, 2.45) is 0 Å². The number of halogens is 1. The summed E-state index contributed by atoms with van der Waals surface area (Å²) < 4.78 is 27.8. The maximum atomic E-state index is 11.5. The van der Waals surface area contributed by atoms with Crippen LogP contribution in [0.15, 0.2) is 18.2 Å². The summed E-state index contributed by atoms with van der Waals surface area (Å²) in [5.74, 6) is 0. The van der Waals surface area contributed by atoms with Gasteiger partial charge in [0.2, 0.25) is 0 Å². The van der Waals surface area contributed by atoms with E-state index in [2.05, 4.69) is 9.44 Å². The van der Waals surface area contributed by atoms with Crippen LogP contribution in [0.1, 0.15) is 13.8 Å². The minimum Gasteiger partial charge on any atom is -0.397 e. The van der Waals surface area contributed by atoms with Gasteiger partial charge in [0.15, 0.2) is 0 Å². The van der Waals surface area contributed by atoms with E-state index in [1.807, 2.05) is 0 Å². The van der Waals surface area contributed by atoms with Gasteiger partial charge in [-0.1, -0.05) is 11.6 Å². The van der Waals surface area contributed by atoms with Gasteiger partial charge in [0, 0.05) is 6.04 Å². The van der Waals surface area contributed by atoms with Crippen LogP contribution in [0.25, 0.3) is 0 Å². The standard InChI is InChI=1S/C9H14ClN3O2S/c1-6(2)12-16(14,15)13-7-3-4-8(10)9(11)5-7/h3-6,12-13H,11H2,1-2H3. The van der Waals surface area contributed by atoms with Crippen LogP contribution in [0.5, 0.6) is 0 Å². The number of benzene rings is 1. The van der Waals surface area contributed by atoms with Crippen molar-refractivity contribution in [3.63, 3.8) is 0 Å². The summed E-state index contributed by atoms with van der Waals surface area (Å²) in [6.45, 7) is 3.46. The summed E-state index contributed by atoms with van der Waals surface area (Å²) in [5.41, 5.74) is 6.25. The van der Waals surface area contributed by atoms with Gasteiger partial charge >= 0.3 is 0 Å². The fourth-order valence-corrected chi connectivity index (χ4v) is 2.34. The van der Waals surface area contributed by atoms with Crippen LogP contribution in [0.3, 0.4) is 0 Å². The van der Waals surface area contributed by atoms with Gasteiger partial charge in [0.1, 0.15) is 0 Å². The second-order valence-electron chi connectivity index (χ2n) is 3.61. The quantitative estimate of drug-likeness (QED) is 0.721. The van der Waals surface area contributed by atoms with Crippen molar-refractivity contribution in [1.82, 2.24) is 4.72 Å². The highest BCUT2D eigenvalue weighted by atomic mass is 35.5. The highest BCUT2D eigenvalue weighted by molar-refractivity contribution is 7.90. The van der Waals surface area contributed by atoms with Crippen molar-refractivity contribution in [2.75, 3.05) is 10.5 Å². The Labute approximate surface area is 100 Å². The second kappa shape index (κ2) is 4.90. The lowest BCUT2D eigenvalue weighted by Gasteiger charge is -2.12. The first-order chi connectivity index (χ1) is 7.30. The van der Waals surface area contributed by atoms with Crippen LogP contribution in [-0.4, -0.2) is 14.5 Å². The van der Waals surface area contributed by atoms with Crippen molar-refractivity contribution < 1.29 is 8.42 Å². The Morgan fingerprint density at radius 1 is 1.38 bits per heavy atom. The average molecular weight is 264 g/mol. The first-order valence-electron chi connectivity index (χ1n) is 4.65. The highest BCUT2D eigenvalue weighted by Crippen LogP contribution is 2.22. The average Bonchev–Trinajstić information content (AvgIpc) is 2.08. The van der Waals surface area contributed by atoms with E-state index in [1.165, 1.54) is 18.2 Å². The predicted molar refractivity (Wildman–Crippen MR) is 66.7 cm³/mol. The van der Waals surface area contributed by atoms with E-state index >= 15 is 0 Å². The molecule has 0 atom stereocenters. The first-order valence-corrected chi connectivity index (χ1v) is 6.51. The van der Waals surface area contributed by atoms with Crippen LogP contribution in [0.4, 0.5) is 11.4 Å². The van der Waals surface area contributed by atoms with E-state index in [9.17, 15) is 8.42 Å². The van der Waals surface area contributed by atoms with Crippen LogP contribution >= 0.6 is 11.6 Å². The van der Waals surface area contributed by atoms with Crippen molar-refractivity contribution >= 4 is 33.2 Å². The molecule has 16 heavy (non-hydrogen) atoms. The van der Waals surface area contributed by atoms with Crippen LogP contribution in [0, 0.1) is 0 Å². The lowest BCUT2D eigenvalue weighted by Crippen LogP contribution is -2.35. The van der Waals surface area contributed by atoms with Gasteiger partial charge in [-0.25, -0.2) is 0 Å². The van der Waals surface area contributed by atoms with E-state index < -0.39 is 10.2 Å². The Bertz CT molecular complexity index is 474. The number of rotatable bonds is 4. The molecule has 90 valence electrons. The van der Waals surface area contributed by atoms with E-state index in [4.69, 9.17) is 17.3 Å². The lowest BCUT2D eigenvalue weighted by molar-refractivity contribution is 0.575. The highest BCUT2D eigenvalue weighted by Gasteiger charge is 2.11. The van der Waals surface area contributed by atoms with Gasteiger partial charge in [0.05, 0.1) is 16.4 Å². The molecule has 1 rings (SSSR count). The number of nitrogens with one attached hydrogen (secondary N) is 2. The predicted octanol–water partition coefficient (Wildman–Crippen LogP) is 1.58. The van der Waals surface area contributed by atoms with E-state index in [-0.39, 0.29) is 6.04 Å². The molecule has 0 aliphatic rings. The molecule has 0 bridgehead atoms. The second-order valence-corrected chi connectivity index (χ2v) is 5.47. The van der Waals surface area contributed by atoms with Crippen LogP contribution < -0.4 is 15.2 Å². The molecule has 4 N–H and O–H groups in total. The Balaban J connectivity index is 2.84. The van der Waals surface area contributed by atoms with Crippen molar-refractivity contribution in [2.45, 2.75) is 19.9 Å². The molecule has 0 radical (unpaired) electrons. The van der Waals surface area contributed by atoms with Crippen molar-refractivity contribution in [3.8, 4) is 0 Å². The van der Waals surface area contributed by atoms with Gasteiger partial charge in [-0.05, 0) is 32.0 Å². The minimum absolute atomic E-state index is 0.179. The van der Waals surface area contributed by atoms with E-state index in [1.54, 1.807) is 13.8 Å². The molecule has 0 amide bonds. The Hall–Kier alpha value is -0.980. The molecule has 0 aromatic heterocycles. The van der Waals surface area contributed by atoms with E-state index in [0.717, 1.165) is 0 Å². The molecule has 7 heteroatoms. The maximum Gasteiger partial charge on any atom is 0.299 e. The fraction of sp³-hybridized carbons (Fsp3) is 0.333. The van der Waals surface area contributed by atoms with Gasteiger partial charge in [0.25, 0.3) is 10.2 Å². The topological polar surface area (TPSA) is 84.2 Å². The minimum atomic E-state index is -3.56. The molecule has 0 aliphatic heterocycles. The maximum absolute atomic E-state index is 11.5. The molecule has 0 aliphatic carbocycles. The summed E-state index contributed by atoms with van der Waals surface area (Å²) in [6, 6.07) is 4.35. The number of nitrogen functional groups attached to an aromatic ring is 1. The molecule has 0 spiro atoms. The first kappa shape index (κ1) is 13.1. The van der Waals surface area contributed by atoms with Gasteiger partial charge in [-0.3, -0.25) is 4.72 Å². The molecule has 0 saturated carbocycles. The molecule has 5 nitrogen and oxygen atoms in total. The third kappa shape index (κ3) is 3.88. The third-order valence-electron chi connectivity index (χ3n) is 1.64. The summed E-state index contributed by atoms with van der Waals surface area (Å²) in [7, 11) is -3.56. The molecule has 0 saturated heterocycles. The zero-order valence-electron chi connectivity index (χ0n) is 8.99. The summed E-state index contributed by atoms with van der Waals surface area (Å²) >= 11 is 5.72. The summed E-state index contributed by atoms with van der Waals surface area (Å²) in [6.07, 6.45) is 0. The van der Waals surface area contributed by atoms with Crippen molar-refractivity contribution in [1.29, 1.82) is 0 Å². The molecular weight excluding hydrogens is 250 g/mol. The summed E-state index contributed by atoms with van der Waals surface area (Å²) in [5, 5.41) is 0.389. The monoisotopic (exact) mass is 263 g/mol. The number of anilines is 2. The van der Waals surface area contributed by atoms with Gasteiger partial charge in [-0.15, -0.1) is 0 Å². The normalized spacial score (nSPS) is 11.8. The zero-order chi connectivity index (χ0) is 12.3. The SMILES string of the molecule is CC(C)NS(=O)(=O)Nc1ccc(Cl)c(N)c1. The lowest BCUT2D eigenvalue weighted by atomic mass is 10.3. The zero-order valence-corrected chi connectivity index (χ0v) is 10.6. The largest absolute Gasteiger partial charge is 0.397 e. The van der Waals surface area contributed by atoms with Crippen LogP contribution in [-0.2, 0) is 10.2 Å². The number of hydrogen-bond acceptors (Lipinski definition) is 3. The molecule has 1 aromatic carbocycles. The molecule has 0 heterocycles. The number of hydrogen-bond donors (Lipinski definition) is 3. The van der Waals surface area contributed by atoms with Crippen molar-refractivity contribution in [3.05, 3.63) is 23.2 Å². The Kier molecular flexibility index (Phi) is 4.01. The molecular formula is C9H14ClN3O2S. The van der Waals surface area contributed by atoms with E-state index in [0.29, 0.717) is 16.4 Å². The Morgan fingerprint density at radius 2 is 2.00 bits per heavy atom. The van der Waals surface area contributed by atoms with Gasteiger partial charge in [-0.2, -0.15) is 13.1 Å².